The van der Waals surface area contributed by atoms with E-state index in [-0.39, 0.29) is 12.1 Å². The van der Waals surface area contributed by atoms with Gasteiger partial charge in [0.15, 0.2) is 0 Å². The fourth-order valence-electron chi connectivity index (χ4n) is 1.50. The third-order valence-corrected chi connectivity index (χ3v) is 2.35. The predicted octanol–water partition coefficient (Wildman–Crippen LogP) is 3.33. The largest absolute Gasteiger partial charge is 0.779 e. The van der Waals surface area contributed by atoms with E-state index in [1.54, 1.807) is 12.2 Å². The van der Waals surface area contributed by atoms with Crippen molar-refractivity contribution in [2.24, 2.45) is 0 Å². The van der Waals surface area contributed by atoms with Crippen LogP contribution in [0.25, 0.3) is 5.41 Å². The molecule has 1 atom stereocenters. The van der Waals surface area contributed by atoms with Gasteiger partial charge in [0.05, 0.1) is 0 Å². The summed E-state index contributed by atoms with van der Waals surface area (Å²) in [6.07, 6.45) is 7.41. The van der Waals surface area contributed by atoms with Gasteiger partial charge in [0.2, 0.25) is 0 Å². The van der Waals surface area contributed by atoms with Crippen LogP contribution in [0.1, 0.15) is 13.4 Å². The Morgan fingerprint density at radius 1 is 1.27 bits per heavy atom. The molecule has 1 aromatic carbocycles. The first-order valence-electron chi connectivity index (χ1n) is 5.59. The van der Waals surface area contributed by atoms with Gasteiger partial charge >= 0.3 is 0 Å². The maximum atomic E-state index is 9.62. The van der Waals surface area contributed by atoms with Crippen molar-refractivity contribution in [2.45, 2.75) is 12.8 Å². The molecule has 74 valence electrons. The maximum Gasteiger partial charge on any atom is 0.0495 e. The summed E-state index contributed by atoms with van der Waals surface area (Å²) in [7, 11) is 0. The van der Waals surface area contributed by atoms with Gasteiger partial charge in [0.1, 0.15) is 0 Å². The van der Waals surface area contributed by atoms with E-state index < -0.39 is 0 Å². The van der Waals surface area contributed by atoms with Gasteiger partial charge in [-0.25, -0.2) is 0 Å². The van der Waals surface area contributed by atoms with E-state index in [9.17, 15) is 5.41 Å². The van der Waals surface area contributed by atoms with E-state index >= 15 is 0 Å². The van der Waals surface area contributed by atoms with Crippen molar-refractivity contribution in [1.82, 2.24) is 0 Å². The summed E-state index contributed by atoms with van der Waals surface area (Å²) < 4.78 is 8.04. The molecule has 0 spiro atoms. The zero-order valence-electron chi connectivity index (χ0n) is 9.43. The minimum absolute atomic E-state index is 0.274. The molecule has 1 aliphatic carbocycles. The summed E-state index contributed by atoms with van der Waals surface area (Å²) in [6.45, 7) is 0. The number of hydrogen-bond acceptors (Lipinski definition) is 0. The SMILES string of the molecule is [2H]C(CC1=C[CH+]C=CC1=[N-])c1ccccc1. The van der Waals surface area contributed by atoms with Crippen LogP contribution in [0.15, 0.2) is 54.1 Å². The van der Waals surface area contributed by atoms with Gasteiger partial charge in [0, 0.05) is 38.0 Å². The van der Waals surface area contributed by atoms with E-state index in [4.69, 9.17) is 1.37 Å². The van der Waals surface area contributed by atoms with Crippen LogP contribution in [0.3, 0.4) is 0 Å². The predicted molar refractivity (Wildman–Crippen MR) is 64.7 cm³/mol. The van der Waals surface area contributed by atoms with Crippen LogP contribution < -0.4 is 0 Å². The van der Waals surface area contributed by atoms with E-state index in [2.05, 4.69) is 0 Å². The number of benzene rings is 1. The lowest BCUT2D eigenvalue weighted by Crippen LogP contribution is -2.02. The molecular weight excluding hydrogens is 182 g/mol. The Morgan fingerprint density at radius 3 is 2.80 bits per heavy atom. The fraction of sp³-hybridized carbons (Fsp3) is 0.143. The first kappa shape index (κ1) is 8.54. The quantitative estimate of drug-likeness (QED) is 0.662. The lowest BCUT2D eigenvalue weighted by atomic mass is 9.97. The lowest BCUT2D eigenvalue weighted by Gasteiger charge is -2.08. The highest BCUT2D eigenvalue weighted by Gasteiger charge is 2.07. The molecule has 0 bridgehead atoms. The summed E-state index contributed by atoms with van der Waals surface area (Å²) in [5.41, 5.74) is 2.08. The van der Waals surface area contributed by atoms with Crippen LogP contribution >= 0.6 is 0 Å². The third kappa shape index (κ3) is 2.59. The Hall–Kier alpha value is -1.76. The second kappa shape index (κ2) is 4.65. The zero-order valence-corrected chi connectivity index (χ0v) is 8.43. The van der Waals surface area contributed by atoms with Crippen LogP contribution in [0.4, 0.5) is 0 Å². The molecule has 1 heteroatoms. The van der Waals surface area contributed by atoms with Gasteiger partial charge in [0.25, 0.3) is 0 Å². The highest BCUT2D eigenvalue weighted by Crippen LogP contribution is 2.14. The molecule has 0 saturated carbocycles. The zero-order chi connectivity index (χ0) is 11.4. The van der Waals surface area contributed by atoms with Crippen molar-refractivity contribution in [3.8, 4) is 0 Å². The molecule has 0 fully saturated rings. The first-order valence-corrected chi connectivity index (χ1v) is 5.01. The van der Waals surface area contributed by atoms with Gasteiger partial charge < -0.3 is 5.41 Å². The summed E-state index contributed by atoms with van der Waals surface area (Å²) >= 11 is 0. The van der Waals surface area contributed by atoms with E-state index in [0.717, 1.165) is 11.1 Å². The second-order valence-corrected chi connectivity index (χ2v) is 3.45. The molecule has 0 aliphatic heterocycles. The molecule has 15 heavy (non-hydrogen) atoms. The highest BCUT2D eigenvalue weighted by atomic mass is 14.4. The van der Waals surface area contributed by atoms with Crippen LogP contribution in [-0.2, 0) is 6.40 Å². The first-order chi connectivity index (χ1) is 7.77. The molecule has 1 nitrogen and oxygen atoms in total. The lowest BCUT2D eigenvalue weighted by molar-refractivity contribution is 0.976. The number of hydrogen-bond donors (Lipinski definition) is 0. The van der Waals surface area contributed by atoms with Crippen molar-refractivity contribution in [1.29, 1.82) is 0 Å². The highest BCUT2D eigenvalue weighted by molar-refractivity contribution is 6.11. The van der Waals surface area contributed by atoms with Gasteiger partial charge in [-0.15, -0.1) is 0 Å². The summed E-state index contributed by atoms with van der Waals surface area (Å²) in [6, 6.07) is 9.69. The Labute approximate surface area is 92.1 Å². The molecular formula is C14H13N. The van der Waals surface area contributed by atoms with E-state index in [1.807, 2.05) is 42.8 Å². The van der Waals surface area contributed by atoms with E-state index in [1.165, 1.54) is 0 Å². The summed E-state index contributed by atoms with van der Waals surface area (Å²) in [5, 5.41) is 9.62. The molecule has 0 amide bonds. The van der Waals surface area contributed by atoms with Crippen molar-refractivity contribution < 1.29 is 1.37 Å². The Morgan fingerprint density at radius 2 is 2.07 bits per heavy atom. The number of aryl methyl sites for hydroxylation is 1. The summed E-state index contributed by atoms with van der Waals surface area (Å²) in [4.78, 5) is 0. The van der Waals surface area contributed by atoms with Crippen molar-refractivity contribution in [2.75, 3.05) is 0 Å². The van der Waals surface area contributed by atoms with Crippen LogP contribution in [0.2, 0.25) is 0 Å². The fourth-order valence-corrected chi connectivity index (χ4v) is 1.50. The Balaban J connectivity index is 2.05. The normalized spacial score (nSPS) is 17.7. The van der Waals surface area contributed by atoms with Gasteiger partial charge in [-0.1, -0.05) is 30.3 Å². The molecule has 0 N–H and O–H groups in total. The minimum atomic E-state index is -0.325. The van der Waals surface area contributed by atoms with Gasteiger partial charge in [-0.3, -0.25) is 0 Å². The van der Waals surface area contributed by atoms with Crippen molar-refractivity contribution >= 4 is 5.71 Å². The van der Waals surface area contributed by atoms with Crippen LogP contribution in [0, 0.1) is 6.42 Å². The van der Waals surface area contributed by atoms with Crippen LogP contribution in [0.5, 0.6) is 0 Å². The summed E-state index contributed by atoms with van der Waals surface area (Å²) in [5.74, 6) is 0. The third-order valence-electron chi connectivity index (χ3n) is 2.35. The maximum absolute atomic E-state index is 9.62. The Kier molecular flexibility index (Phi) is 2.65. The number of allylic oxidation sites excluding steroid dienone is 4. The second-order valence-electron chi connectivity index (χ2n) is 3.45. The Bertz CT molecular complexity index is 431. The van der Waals surface area contributed by atoms with Crippen molar-refractivity contribution in [3.05, 3.63) is 71.5 Å². The molecule has 1 unspecified atom stereocenters. The molecule has 2 rings (SSSR count). The minimum Gasteiger partial charge on any atom is -0.779 e. The number of nitrogens with zero attached hydrogens (tertiary/aromatic N) is 1. The molecule has 0 saturated heterocycles. The standard InChI is InChI=1S/C14H13N/c15-14-9-5-4-8-13(14)11-10-12-6-2-1-3-7-12/h1-9H,10-11H2/i10D. The monoisotopic (exact) mass is 196 g/mol. The van der Waals surface area contributed by atoms with E-state index in [0.29, 0.717) is 6.42 Å². The average molecular weight is 196 g/mol. The number of rotatable bonds is 3. The van der Waals surface area contributed by atoms with Crippen molar-refractivity contribution in [3.63, 3.8) is 0 Å². The van der Waals surface area contributed by atoms with Gasteiger partial charge in [-0.2, -0.15) is 0 Å². The van der Waals surface area contributed by atoms with Gasteiger partial charge in [-0.05, 0) is 17.7 Å². The average Bonchev–Trinajstić information content (AvgIpc) is 2.33. The van der Waals surface area contributed by atoms with Crippen LogP contribution in [-0.4, -0.2) is 5.71 Å². The molecule has 1 aliphatic rings. The molecule has 0 aromatic heterocycles. The molecule has 1 aromatic rings. The molecule has 0 radical (unpaired) electrons. The molecule has 0 heterocycles. The smallest absolute Gasteiger partial charge is 0.0495 e. The topological polar surface area (TPSA) is 22.3 Å².